The Labute approximate surface area is 118 Å². The third-order valence-electron chi connectivity index (χ3n) is 4.13. The minimum absolute atomic E-state index is 0.272. The highest BCUT2D eigenvalue weighted by molar-refractivity contribution is 5.34. The van der Waals surface area contributed by atoms with E-state index in [2.05, 4.69) is 50.8 Å². The number of nitrogens with zero attached hydrogens (tertiary/aromatic N) is 1. The maximum Gasteiger partial charge on any atom is 0.0501 e. The van der Waals surface area contributed by atoms with Gasteiger partial charge in [-0.1, -0.05) is 37.6 Å². The van der Waals surface area contributed by atoms with Crippen molar-refractivity contribution in [3.63, 3.8) is 0 Å². The fourth-order valence-corrected chi connectivity index (χ4v) is 3.36. The van der Waals surface area contributed by atoms with E-state index in [-0.39, 0.29) is 6.04 Å². The van der Waals surface area contributed by atoms with Crippen molar-refractivity contribution in [3.05, 3.63) is 34.9 Å². The molecule has 1 fully saturated rings. The van der Waals surface area contributed by atoms with Crippen LogP contribution >= 0.6 is 0 Å². The first-order chi connectivity index (χ1) is 8.99. The molecule has 1 heterocycles. The number of likely N-dealkylation sites (tertiary alicyclic amines) is 1. The minimum atomic E-state index is 0.272. The van der Waals surface area contributed by atoms with Crippen LogP contribution < -0.4 is 5.73 Å². The number of piperidine rings is 1. The lowest BCUT2D eigenvalue weighted by molar-refractivity contribution is 0.113. The number of rotatable bonds is 3. The molecule has 106 valence electrons. The molecule has 0 bridgehead atoms. The zero-order valence-electron chi connectivity index (χ0n) is 12.8. The second-order valence-electron chi connectivity index (χ2n) is 6.50. The molecule has 19 heavy (non-hydrogen) atoms. The molecule has 1 aromatic carbocycles. The zero-order chi connectivity index (χ0) is 14.0. The van der Waals surface area contributed by atoms with Crippen molar-refractivity contribution in [3.8, 4) is 0 Å². The van der Waals surface area contributed by atoms with Gasteiger partial charge in [0.15, 0.2) is 0 Å². The quantitative estimate of drug-likeness (QED) is 0.902. The van der Waals surface area contributed by atoms with Gasteiger partial charge in [0.05, 0.1) is 6.04 Å². The molecular weight excluding hydrogens is 232 g/mol. The maximum absolute atomic E-state index is 6.44. The zero-order valence-corrected chi connectivity index (χ0v) is 12.8. The van der Waals surface area contributed by atoms with Gasteiger partial charge in [0.25, 0.3) is 0 Å². The normalized spacial score (nSPS) is 24.9. The van der Waals surface area contributed by atoms with Gasteiger partial charge in [-0.05, 0) is 50.3 Å². The molecule has 2 heteroatoms. The van der Waals surface area contributed by atoms with Gasteiger partial charge < -0.3 is 5.73 Å². The van der Waals surface area contributed by atoms with E-state index in [0.717, 1.165) is 13.0 Å². The van der Waals surface area contributed by atoms with E-state index < -0.39 is 0 Å². The highest BCUT2D eigenvalue weighted by Gasteiger charge is 2.31. The first-order valence-electron chi connectivity index (χ1n) is 7.56. The first kappa shape index (κ1) is 14.5. The van der Waals surface area contributed by atoms with E-state index in [9.17, 15) is 0 Å². The molecule has 0 aromatic heterocycles. The van der Waals surface area contributed by atoms with Crippen molar-refractivity contribution < 1.29 is 0 Å². The molecule has 0 spiro atoms. The molecule has 1 aliphatic heterocycles. The van der Waals surface area contributed by atoms with E-state index in [4.69, 9.17) is 5.73 Å². The maximum atomic E-state index is 6.44. The molecule has 0 radical (unpaired) electrons. The molecule has 0 aliphatic carbocycles. The molecular formula is C17H28N2. The predicted molar refractivity (Wildman–Crippen MR) is 82.3 cm³/mol. The summed E-state index contributed by atoms with van der Waals surface area (Å²) in [7, 11) is 0. The molecule has 1 aromatic rings. The summed E-state index contributed by atoms with van der Waals surface area (Å²) in [5.41, 5.74) is 10.6. The van der Waals surface area contributed by atoms with Gasteiger partial charge in [-0.25, -0.2) is 0 Å². The van der Waals surface area contributed by atoms with Crippen LogP contribution in [0.2, 0.25) is 0 Å². The molecule has 0 amide bonds. The summed E-state index contributed by atoms with van der Waals surface area (Å²) in [4.78, 5) is 2.59. The smallest absolute Gasteiger partial charge is 0.0501 e. The summed E-state index contributed by atoms with van der Waals surface area (Å²) in [6.45, 7) is 11.3. The fourth-order valence-electron chi connectivity index (χ4n) is 3.36. The summed E-state index contributed by atoms with van der Waals surface area (Å²) >= 11 is 0. The molecule has 2 rings (SSSR count). The molecule has 0 saturated carbocycles. The van der Waals surface area contributed by atoms with Crippen LogP contribution in [0.1, 0.15) is 49.4 Å². The van der Waals surface area contributed by atoms with Crippen molar-refractivity contribution in [2.75, 3.05) is 13.1 Å². The molecule has 2 N–H and O–H groups in total. The second-order valence-corrected chi connectivity index (χ2v) is 6.50. The third kappa shape index (κ3) is 3.37. The fraction of sp³-hybridized carbons (Fsp3) is 0.647. The summed E-state index contributed by atoms with van der Waals surface area (Å²) < 4.78 is 0. The third-order valence-corrected chi connectivity index (χ3v) is 4.13. The Morgan fingerprint density at radius 2 is 2.05 bits per heavy atom. The number of aryl methyl sites for hydroxylation is 2. The van der Waals surface area contributed by atoms with Crippen molar-refractivity contribution in [1.29, 1.82) is 0 Å². The predicted octanol–water partition coefficient (Wildman–Crippen LogP) is 3.42. The second kappa shape index (κ2) is 6.06. The Morgan fingerprint density at radius 3 is 2.68 bits per heavy atom. The van der Waals surface area contributed by atoms with E-state index in [0.29, 0.717) is 12.0 Å². The van der Waals surface area contributed by atoms with E-state index in [1.807, 2.05) is 0 Å². The Kier molecular flexibility index (Phi) is 4.64. The topological polar surface area (TPSA) is 29.3 Å². The summed E-state index contributed by atoms with van der Waals surface area (Å²) in [6, 6.07) is 7.46. The van der Waals surface area contributed by atoms with Crippen LogP contribution in [0.5, 0.6) is 0 Å². The van der Waals surface area contributed by atoms with Crippen molar-refractivity contribution in [1.82, 2.24) is 4.90 Å². The van der Waals surface area contributed by atoms with Crippen LogP contribution in [-0.4, -0.2) is 24.0 Å². The number of nitrogens with two attached hydrogens (primary N) is 1. The first-order valence-corrected chi connectivity index (χ1v) is 7.56. The summed E-state index contributed by atoms with van der Waals surface area (Å²) in [6.07, 6.45) is 2.38. The largest absolute Gasteiger partial charge is 0.326 e. The van der Waals surface area contributed by atoms with E-state index in [1.54, 1.807) is 0 Å². The Morgan fingerprint density at radius 1 is 1.32 bits per heavy atom. The monoisotopic (exact) mass is 260 g/mol. The lowest BCUT2D eigenvalue weighted by Gasteiger charge is -2.41. The van der Waals surface area contributed by atoms with Crippen LogP contribution in [0.3, 0.4) is 0 Å². The summed E-state index contributed by atoms with van der Waals surface area (Å²) in [5, 5.41) is 0. The Bertz CT molecular complexity index is 425. The van der Waals surface area contributed by atoms with Crippen LogP contribution in [0, 0.1) is 19.8 Å². The summed E-state index contributed by atoms with van der Waals surface area (Å²) in [5.74, 6) is 0.693. The van der Waals surface area contributed by atoms with E-state index in [1.165, 1.54) is 29.7 Å². The van der Waals surface area contributed by atoms with Crippen LogP contribution in [0.25, 0.3) is 0 Å². The van der Waals surface area contributed by atoms with Gasteiger partial charge in [0.2, 0.25) is 0 Å². The molecule has 2 nitrogen and oxygen atoms in total. The van der Waals surface area contributed by atoms with Gasteiger partial charge >= 0.3 is 0 Å². The number of hydrogen-bond donors (Lipinski definition) is 1. The molecule has 1 aliphatic rings. The SMILES string of the molecule is Cc1ccc(C2C(N)CCCN2CC(C)C)c(C)c1. The van der Waals surface area contributed by atoms with Crippen LogP contribution in [0.15, 0.2) is 18.2 Å². The van der Waals surface area contributed by atoms with Gasteiger partial charge in [-0.3, -0.25) is 4.90 Å². The number of hydrogen-bond acceptors (Lipinski definition) is 2. The van der Waals surface area contributed by atoms with Crippen molar-refractivity contribution >= 4 is 0 Å². The average molecular weight is 260 g/mol. The number of benzene rings is 1. The van der Waals surface area contributed by atoms with Gasteiger partial charge in [0.1, 0.15) is 0 Å². The van der Waals surface area contributed by atoms with Crippen molar-refractivity contribution in [2.24, 2.45) is 11.7 Å². The lowest BCUT2D eigenvalue weighted by atomic mass is 9.87. The van der Waals surface area contributed by atoms with Gasteiger partial charge in [-0.2, -0.15) is 0 Å². The Hall–Kier alpha value is -0.860. The lowest BCUT2D eigenvalue weighted by Crippen LogP contribution is -2.47. The molecule has 1 saturated heterocycles. The van der Waals surface area contributed by atoms with Gasteiger partial charge in [-0.15, -0.1) is 0 Å². The highest BCUT2D eigenvalue weighted by atomic mass is 15.2. The van der Waals surface area contributed by atoms with E-state index >= 15 is 0 Å². The highest BCUT2D eigenvalue weighted by Crippen LogP contribution is 2.32. The average Bonchev–Trinajstić information content (AvgIpc) is 2.30. The van der Waals surface area contributed by atoms with Crippen molar-refractivity contribution in [2.45, 2.75) is 52.6 Å². The standard InChI is InChI=1S/C17H28N2/c1-12(2)11-19-9-5-6-16(18)17(19)15-8-7-13(3)10-14(15)4/h7-8,10,12,16-17H,5-6,9,11,18H2,1-4H3. The Balaban J connectivity index is 2.30. The molecule has 2 unspecified atom stereocenters. The molecule has 2 atom stereocenters. The minimum Gasteiger partial charge on any atom is -0.326 e. The van der Waals surface area contributed by atoms with Crippen LogP contribution in [-0.2, 0) is 0 Å². The van der Waals surface area contributed by atoms with Crippen LogP contribution in [0.4, 0.5) is 0 Å². The van der Waals surface area contributed by atoms with Gasteiger partial charge in [0, 0.05) is 12.6 Å².